The first-order valence-corrected chi connectivity index (χ1v) is 7.49. The van der Waals surface area contributed by atoms with Crippen LogP contribution in [-0.4, -0.2) is 32.2 Å². The molecule has 0 aliphatic rings. The van der Waals surface area contributed by atoms with E-state index in [9.17, 15) is 9.59 Å². The second-order valence-electron chi connectivity index (χ2n) is 4.94. The SMILES string of the molecule is COCCOC(=O)c1ccc(NC(=O)C=Cc2ccccc2)cc1. The van der Waals surface area contributed by atoms with Crippen molar-refractivity contribution < 1.29 is 19.1 Å². The average molecular weight is 325 g/mol. The van der Waals surface area contributed by atoms with E-state index in [0.29, 0.717) is 17.9 Å². The Morgan fingerprint density at radius 1 is 1.00 bits per heavy atom. The molecule has 0 bridgehead atoms. The molecule has 2 aromatic rings. The minimum Gasteiger partial charge on any atom is -0.460 e. The van der Waals surface area contributed by atoms with Gasteiger partial charge in [0.15, 0.2) is 0 Å². The van der Waals surface area contributed by atoms with Crippen LogP contribution in [0.15, 0.2) is 60.7 Å². The second kappa shape index (κ2) is 9.27. The predicted octanol–water partition coefficient (Wildman–Crippen LogP) is 3.14. The number of carbonyl (C=O) groups is 2. The lowest BCUT2D eigenvalue weighted by Gasteiger charge is -2.06. The highest BCUT2D eigenvalue weighted by Crippen LogP contribution is 2.11. The van der Waals surface area contributed by atoms with Gasteiger partial charge in [0, 0.05) is 18.9 Å². The summed E-state index contributed by atoms with van der Waals surface area (Å²) in [6, 6.07) is 16.1. The average Bonchev–Trinajstić information content (AvgIpc) is 2.61. The van der Waals surface area contributed by atoms with Crippen molar-refractivity contribution in [2.24, 2.45) is 0 Å². The standard InChI is InChI=1S/C19H19NO4/c1-23-13-14-24-19(22)16-8-10-17(11-9-16)20-18(21)12-7-15-5-3-2-4-6-15/h2-12H,13-14H2,1H3,(H,20,21). The topological polar surface area (TPSA) is 64.6 Å². The minimum atomic E-state index is -0.422. The number of rotatable bonds is 7. The number of benzene rings is 2. The van der Waals surface area contributed by atoms with Gasteiger partial charge in [-0.15, -0.1) is 0 Å². The molecular weight excluding hydrogens is 306 g/mol. The first-order valence-electron chi connectivity index (χ1n) is 7.49. The molecule has 2 rings (SSSR count). The van der Waals surface area contributed by atoms with Crippen molar-refractivity contribution >= 4 is 23.6 Å². The smallest absolute Gasteiger partial charge is 0.338 e. The molecule has 0 heterocycles. The molecule has 0 fully saturated rings. The van der Waals surface area contributed by atoms with Gasteiger partial charge in [-0.2, -0.15) is 0 Å². The number of esters is 1. The number of anilines is 1. The van der Waals surface area contributed by atoms with E-state index < -0.39 is 5.97 Å². The van der Waals surface area contributed by atoms with Gasteiger partial charge in [0.1, 0.15) is 6.61 Å². The van der Waals surface area contributed by atoms with E-state index in [2.05, 4.69) is 5.32 Å². The number of ether oxygens (including phenoxy) is 2. The Kier molecular flexibility index (Phi) is 6.73. The number of carbonyl (C=O) groups excluding carboxylic acids is 2. The predicted molar refractivity (Wildman–Crippen MR) is 92.7 cm³/mol. The fourth-order valence-corrected chi connectivity index (χ4v) is 1.91. The van der Waals surface area contributed by atoms with E-state index in [1.807, 2.05) is 30.3 Å². The Bertz CT molecular complexity index is 693. The van der Waals surface area contributed by atoms with Crippen molar-refractivity contribution in [2.75, 3.05) is 25.6 Å². The van der Waals surface area contributed by atoms with Crippen LogP contribution in [0.5, 0.6) is 0 Å². The minimum absolute atomic E-state index is 0.206. The lowest BCUT2D eigenvalue weighted by molar-refractivity contribution is -0.111. The lowest BCUT2D eigenvalue weighted by Crippen LogP contribution is -2.11. The van der Waals surface area contributed by atoms with Crippen LogP contribution < -0.4 is 5.32 Å². The van der Waals surface area contributed by atoms with Gasteiger partial charge >= 0.3 is 5.97 Å². The molecule has 0 aromatic heterocycles. The van der Waals surface area contributed by atoms with E-state index in [0.717, 1.165) is 5.56 Å². The van der Waals surface area contributed by atoms with Gasteiger partial charge in [0.25, 0.3) is 0 Å². The summed E-state index contributed by atoms with van der Waals surface area (Å²) < 4.78 is 9.83. The molecule has 0 atom stereocenters. The van der Waals surface area contributed by atoms with Gasteiger partial charge in [-0.05, 0) is 35.9 Å². The Balaban J connectivity index is 1.88. The van der Waals surface area contributed by atoms with Gasteiger partial charge in [-0.1, -0.05) is 30.3 Å². The lowest BCUT2D eigenvalue weighted by atomic mass is 10.2. The summed E-state index contributed by atoms with van der Waals surface area (Å²) in [5.41, 5.74) is 1.97. The normalized spacial score (nSPS) is 10.5. The quantitative estimate of drug-likeness (QED) is 0.482. The Morgan fingerprint density at radius 2 is 1.71 bits per heavy atom. The van der Waals surface area contributed by atoms with Crippen LogP contribution in [0.2, 0.25) is 0 Å². The molecule has 5 heteroatoms. The van der Waals surface area contributed by atoms with Gasteiger partial charge in [0.2, 0.25) is 5.91 Å². The highest BCUT2D eigenvalue weighted by molar-refractivity contribution is 6.02. The van der Waals surface area contributed by atoms with Crippen LogP contribution in [0, 0.1) is 0 Å². The fourth-order valence-electron chi connectivity index (χ4n) is 1.91. The number of methoxy groups -OCH3 is 1. The maximum absolute atomic E-state index is 11.9. The molecule has 0 spiro atoms. The van der Waals surface area contributed by atoms with Crippen LogP contribution in [0.4, 0.5) is 5.69 Å². The number of nitrogens with one attached hydrogen (secondary N) is 1. The first-order chi connectivity index (χ1) is 11.7. The van der Waals surface area contributed by atoms with E-state index >= 15 is 0 Å². The zero-order valence-electron chi connectivity index (χ0n) is 13.4. The molecule has 1 amide bonds. The molecule has 0 radical (unpaired) electrons. The number of hydrogen-bond acceptors (Lipinski definition) is 4. The van der Waals surface area contributed by atoms with Crippen LogP contribution in [-0.2, 0) is 14.3 Å². The molecule has 0 saturated heterocycles. The number of hydrogen-bond donors (Lipinski definition) is 1. The van der Waals surface area contributed by atoms with E-state index in [4.69, 9.17) is 9.47 Å². The van der Waals surface area contributed by atoms with Crippen LogP contribution in [0.1, 0.15) is 15.9 Å². The van der Waals surface area contributed by atoms with Crippen molar-refractivity contribution in [3.8, 4) is 0 Å². The van der Waals surface area contributed by atoms with E-state index in [1.165, 1.54) is 13.2 Å². The van der Waals surface area contributed by atoms with Gasteiger partial charge in [0.05, 0.1) is 12.2 Å². The van der Waals surface area contributed by atoms with Gasteiger partial charge in [-0.25, -0.2) is 4.79 Å². The molecule has 5 nitrogen and oxygen atoms in total. The largest absolute Gasteiger partial charge is 0.460 e. The highest BCUT2D eigenvalue weighted by atomic mass is 16.6. The maximum Gasteiger partial charge on any atom is 0.338 e. The molecule has 0 unspecified atom stereocenters. The van der Waals surface area contributed by atoms with Crippen LogP contribution >= 0.6 is 0 Å². The zero-order chi connectivity index (χ0) is 17.2. The van der Waals surface area contributed by atoms with Gasteiger partial charge < -0.3 is 14.8 Å². The third-order valence-corrected chi connectivity index (χ3v) is 3.14. The molecule has 2 aromatic carbocycles. The van der Waals surface area contributed by atoms with Crippen molar-refractivity contribution in [2.45, 2.75) is 0 Å². The maximum atomic E-state index is 11.9. The van der Waals surface area contributed by atoms with Crippen molar-refractivity contribution in [3.63, 3.8) is 0 Å². The summed E-state index contributed by atoms with van der Waals surface area (Å²) in [5.74, 6) is -0.664. The Hall–Kier alpha value is -2.92. The van der Waals surface area contributed by atoms with Crippen LogP contribution in [0.25, 0.3) is 6.08 Å². The molecule has 0 saturated carbocycles. The second-order valence-corrected chi connectivity index (χ2v) is 4.94. The summed E-state index contributed by atoms with van der Waals surface area (Å²) >= 11 is 0. The third kappa shape index (κ3) is 5.70. The van der Waals surface area contributed by atoms with Gasteiger partial charge in [-0.3, -0.25) is 4.79 Å². The Labute approximate surface area is 140 Å². The molecule has 1 N–H and O–H groups in total. The number of amides is 1. The van der Waals surface area contributed by atoms with Crippen molar-refractivity contribution in [1.82, 2.24) is 0 Å². The Morgan fingerprint density at radius 3 is 2.38 bits per heavy atom. The third-order valence-electron chi connectivity index (χ3n) is 3.14. The molecule has 0 aliphatic heterocycles. The van der Waals surface area contributed by atoms with Crippen molar-refractivity contribution in [1.29, 1.82) is 0 Å². The zero-order valence-corrected chi connectivity index (χ0v) is 13.4. The van der Waals surface area contributed by atoms with E-state index in [-0.39, 0.29) is 12.5 Å². The van der Waals surface area contributed by atoms with Crippen molar-refractivity contribution in [3.05, 3.63) is 71.8 Å². The summed E-state index contributed by atoms with van der Waals surface area (Å²) in [7, 11) is 1.54. The van der Waals surface area contributed by atoms with Crippen LogP contribution in [0.3, 0.4) is 0 Å². The first kappa shape index (κ1) is 17.4. The van der Waals surface area contributed by atoms with E-state index in [1.54, 1.807) is 30.3 Å². The highest BCUT2D eigenvalue weighted by Gasteiger charge is 2.07. The summed E-state index contributed by atoms with van der Waals surface area (Å²) in [6.07, 6.45) is 3.19. The fraction of sp³-hybridized carbons (Fsp3) is 0.158. The monoisotopic (exact) mass is 325 g/mol. The summed E-state index contributed by atoms with van der Waals surface area (Å²) in [5, 5.41) is 2.73. The summed E-state index contributed by atoms with van der Waals surface area (Å²) in [6.45, 7) is 0.561. The molecule has 124 valence electrons. The molecule has 0 aliphatic carbocycles. The molecular formula is C19H19NO4. The summed E-state index contributed by atoms with van der Waals surface area (Å²) in [4.78, 5) is 23.6. The molecule has 24 heavy (non-hydrogen) atoms.